The Morgan fingerprint density at radius 1 is 1.38 bits per heavy atom. The van der Waals surface area contributed by atoms with Crippen LogP contribution in [0, 0.1) is 0 Å². The highest BCUT2D eigenvalue weighted by molar-refractivity contribution is 7.91. The van der Waals surface area contributed by atoms with E-state index in [-0.39, 0.29) is 6.54 Å². The van der Waals surface area contributed by atoms with E-state index in [9.17, 15) is 18.3 Å². The minimum absolute atomic E-state index is 0.219. The van der Waals surface area contributed by atoms with Gasteiger partial charge in [-0.25, -0.2) is 18.2 Å². The smallest absolute Gasteiger partial charge is 0.358 e. The number of rotatable bonds is 4. The lowest BCUT2D eigenvalue weighted by Crippen LogP contribution is -2.34. The van der Waals surface area contributed by atoms with E-state index in [1.165, 1.54) is 27.9 Å². The highest BCUT2D eigenvalue weighted by Gasteiger charge is 2.27. The van der Waals surface area contributed by atoms with E-state index in [0.717, 1.165) is 5.57 Å². The van der Waals surface area contributed by atoms with Gasteiger partial charge in [0.05, 0.1) is 0 Å². The molecule has 0 fully saturated rings. The molecular weight excluding hydrogens is 352 g/mol. The van der Waals surface area contributed by atoms with Crippen LogP contribution in [0.4, 0.5) is 0 Å². The second-order valence-electron chi connectivity index (χ2n) is 5.17. The number of nitrogens with zero attached hydrogens (tertiary/aromatic N) is 2. The molecule has 0 saturated heterocycles. The van der Waals surface area contributed by atoms with Gasteiger partial charge in [-0.05, 0) is 35.1 Å². The molecule has 126 valence electrons. The van der Waals surface area contributed by atoms with Crippen molar-refractivity contribution in [1.82, 2.24) is 9.29 Å². The molecule has 24 heavy (non-hydrogen) atoms. The van der Waals surface area contributed by atoms with Gasteiger partial charge in [0.15, 0.2) is 5.69 Å². The normalized spacial score (nSPS) is 15.9. The van der Waals surface area contributed by atoms with Crippen LogP contribution in [-0.4, -0.2) is 47.0 Å². The highest BCUT2D eigenvalue weighted by atomic mass is 32.2. The Hall–Kier alpha value is -2.23. The molecule has 0 spiro atoms. The average Bonchev–Trinajstić information content (AvgIpc) is 3.10. The summed E-state index contributed by atoms with van der Waals surface area (Å²) in [6.07, 6.45) is 3.59. The summed E-state index contributed by atoms with van der Waals surface area (Å²) >= 11 is 1.18. The molecule has 0 saturated carbocycles. The van der Waals surface area contributed by atoms with Crippen molar-refractivity contribution in [3.8, 4) is 5.75 Å². The number of hydrogen-bond donors (Lipinski definition) is 2. The predicted molar refractivity (Wildman–Crippen MR) is 88.5 cm³/mol. The van der Waals surface area contributed by atoms with Crippen molar-refractivity contribution in [3.63, 3.8) is 0 Å². The Labute approximate surface area is 142 Å². The molecule has 0 radical (unpaired) electrons. The van der Waals surface area contributed by atoms with Crippen LogP contribution in [0.5, 0.6) is 5.75 Å². The lowest BCUT2D eigenvalue weighted by Gasteiger charge is -2.25. The number of carboxylic acid groups (broad SMARTS) is 1. The molecule has 2 aromatic rings. The largest absolute Gasteiger partial charge is 0.505 e. The fourth-order valence-corrected chi connectivity index (χ4v) is 4.99. The summed E-state index contributed by atoms with van der Waals surface area (Å²) in [5.41, 5.74) is 1.01. The molecule has 0 atom stereocenters. The molecule has 1 aliphatic heterocycles. The number of aromatic carboxylic acids is 1. The fourth-order valence-electron chi connectivity index (χ4n) is 2.46. The van der Waals surface area contributed by atoms with Crippen molar-refractivity contribution in [2.75, 3.05) is 13.1 Å². The summed E-state index contributed by atoms with van der Waals surface area (Å²) in [5.74, 6) is -1.71. The second kappa shape index (κ2) is 6.34. The van der Waals surface area contributed by atoms with Crippen LogP contribution < -0.4 is 0 Å². The first kappa shape index (κ1) is 16.6. The van der Waals surface area contributed by atoms with Crippen LogP contribution >= 0.6 is 11.3 Å². The number of aromatic nitrogens is 1. The monoisotopic (exact) mass is 366 g/mol. The van der Waals surface area contributed by atoms with E-state index in [1.54, 1.807) is 23.6 Å². The van der Waals surface area contributed by atoms with Crippen molar-refractivity contribution in [1.29, 1.82) is 0 Å². The summed E-state index contributed by atoms with van der Waals surface area (Å²) in [4.78, 5) is 14.6. The highest BCUT2D eigenvalue weighted by Crippen LogP contribution is 2.29. The molecular formula is C15H14N2O5S2. The quantitative estimate of drug-likeness (QED) is 0.857. The zero-order valence-electron chi connectivity index (χ0n) is 12.4. The zero-order valence-corrected chi connectivity index (χ0v) is 14.0. The molecule has 0 aliphatic carbocycles. The van der Waals surface area contributed by atoms with E-state index < -0.39 is 27.4 Å². The van der Waals surface area contributed by atoms with Gasteiger partial charge in [-0.2, -0.15) is 4.31 Å². The maximum Gasteiger partial charge on any atom is 0.358 e. The standard InChI is InChI=1S/C15H14N2O5S2/c18-12-8-11(9-16-14(12)15(19)20)10-3-5-17(6-4-10)24(21,22)13-2-1-7-23-13/h1-3,7-9,18H,4-6H2,(H,19,20). The first-order chi connectivity index (χ1) is 11.4. The summed E-state index contributed by atoms with van der Waals surface area (Å²) in [6, 6.07) is 4.61. The molecule has 2 aromatic heterocycles. The summed E-state index contributed by atoms with van der Waals surface area (Å²) in [6.45, 7) is 0.532. The Morgan fingerprint density at radius 3 is 2.71 bits per heavy atom. The number of sulfonamides is 1. The first-order valence-electron chi connectivity index (χ1n) is 7.05. The van der Waals surface area contributed by atoms with Gasteiger partial charge in [-0.15, -0.1) is 11.3 Å². The Balaban J connectivity index is 1.81. The number of aromatic hydroxyl groups is 1. The molecule has 0 unspecified atom stereocenters. The van der Waals surface area contributed by atoms with Crippen molar-refractivity contribution < 1.29 is 23.4 Å². The summed E-state index contributed by atoms with van der Waals surface area (Å²) in [7, 11) is -3.49. The Kier molecular flexibility index (Phi) is 4.39. The molecule has 9 heteroatoms. The van der Waals surface area contributed by atoms with Crippen LogP contribution in [-0.2, 0) is 10.0 Å². The minimum atomic E-state index is -3.49. The third-order valence-electron chi connectivity index (χ3n) is 3.70. The van der Waals surface area contributed by atoms with Gasteiger partial charge in [0.1, 0.15) is 9.96 Å². The van der Waals surface area contributed by atoms with Gasteiger partial charge in [0.2, 0.25) is 0 Å². The lowest BCUT2D eigenvalue weighted by atomic mass is 10.0. The van der Waals surface area contributed by atoms with E-state index in [2.05, 4.69) is 4.98 Å². The van der Waals surface area contributed by atoms with E-state index in [4.69, 9.17) is 5.11 Å². The average molecular weight is 366 g/mol. The zero-order chi connectivity index (χ0) is 17.3. The van der Waals surface area contributed by atoms with Gasteiger partial charge < -0.3 is 10.2 Å². The second-order valence-corrected chi connectivity index (χ2v) is 8.28. The minimum Gasteiger partial charge on any atom is -0.505 e. The third-order valence-corrected chi connectivity index (χ3v) is 6.94. The molecule has 2 N–H and O–H groups in total. The fraction of sp³-hybridized carbons (Fsp3) is 0.200. The third kappa shape index (κ3) is 3.05. The van der Waals surface area contributed by atoms with Gasteiger partial charge >= 0.3 is 5.97 Å². The number of pyridine rings is 1. The van der Waals surface area contributed by atoms with Crippen molar-refractivity contribution in [3.05, 3.63) is 47.1 Å². The van der Waals surface area contributed by atoms with Gasteiger partial charge in [0.25, 0.3) is 10.0 Å². The Morgan fingerprint density at radius 2 is 2.17 bits per heavy atom. The van der Waals surface area contributed by atoms with Crippen LogP contribution in [0.15, 0.2) is 40.1 Å². The van der Waals surface area contributed by atoms with Gasteiger partial charge in [-0.3, -0.25) is 0 Å². The topological polar surface area (TPSA) is 108 Å². The van der Waals surface area contributed by atoms with Gasteiger partial charge in [0, 0.05) is 19.3 Å². The van der Waals surface area contributed by atoms with Crippen molar-refractivity contribution in [2.24, 2.45) is 0 Å². The molecule has 0 aromatic carbocycles. The van der Waals surface area contributed by atoms with Crippen LogP contribution in [0.1, 0.15) is 22.5 Å². The molecule has 1 aliphatic rings. The molecule has 3 rings (SSSR count). The molecule has 0 amide bonds. The maximum absolute atomic E-state index is 12.5. The van der Waals surface area contributed by atoms with E-state index in [0.29, 0.717) is 22.7 Å². The maximum atomic E-state index is 12.5. The SMILES string of the molecule is O=C(O)c1ncc(C2=CCN(S(=O)(=O)c3cccs3)CC2)cc1O. The van der Waals surface area contributed by atoms with Crippen LogP contribution in [0.25, 0.3) is 5.57 Å². The van der Waals surface area contributed by atoms with E-state index >= 15 is 0 Å². The summed E-state index contributed by atoms with van der Waals surface area (Å²) < 4.78 is 26.6. The van der Waals surface area contributed by atoms with Crippen LogP contribution in [0.2, 0.25) is 0 Å². The lowest BCUT2D eigenvalue weighted by molar-refractivity contribution is 0.0687. The molecule has 7 nitrogen and oxygen atoms in total. The van der Waals surface area contributed by atoms with E-state index in [1.807, 2.05) is 0 Å². The number of hydrogen-bond acceptors (Lipinski definition) is 6. The first-order valence-corrected chi connectivity index (χ1v) is 9.37. The molecule has 0 bridgehead atoms. The Bertz CT molecular complexity index is 904. The number of thiophene rings is 1. The summed E-state index contributed by atoms with van der Waals surface area (Å²) in [5, 5.41) is 20.3. The molecule has 3 heterocycles. The number of carbonyl (C=O) groups is 1. The van der Waals surface area contributed by atoms with Crippen molar-refractivity contribution >= 4 is 32.9 Å². The van der Waals surface area contributed by atoms with Crippen LogP contribution in [0.3, 0.4) is 0 Å². The predicted octanol–water partition coefficient (Wildman–Crippen LogP) is 2.02. The number of carboxylic acids is 1. The van der Waals surface area contributed by atoms with Gasteiger partial charge in [-0.1, -0.05) is 12.1 Å². The van der Waals surface area contributed by atoms with Crippen molar-refractivity contribution in [2.45, 2.75) is 10.6 Å².